The molecular formula is C21H25NO3. The fourth-order valence-corrected chi connectivity index (χ4v) is 3.32. The molecule has 0 bridgehead atoms. The third kappa shape index (κ3) is 5.33. The van der Waals surface area contributed by atoms with Gasteiger partial charge in [0.05, 0.1) is 12.5 Å². The maximum Gasteiger partial charge on any atom is 0.307 e. The molecule has 1 unspecified atom stereocenters. The van der Waals surface area contributed by atoms with Gasteiger partial charge >= 0.3 is 5.97 Å². The standard InChI is InChI=1S/C21H25NO3/c23-21(24)19-9-5-12-22(16-19)15-18-8-4-10-20(14-18)25-13-11-17-6-2-1-3-7-17/h1-4,6-8,10,14,19H,5,9,11-13,15-16H2,(H,23,24). The van der Waals surface area contributed by atoms with E-state index >= 15 is 0 Å². The summed E-state index contributed by atoms with van der Waals surface area (Å²) in [5.41, 5.74) is 2.44. The summed E-state index contributed by atoms with van der Waals surface area (Å²) in [6, 6.07) is 18.4. The van der Waals surface area contributed by atoms with Crippen molar-refractivity contribution < 1.29 is 14.6 Å². The van der Waals surface area contributed by atoms with E-state index in [1.54, 1.807) is 0 Å². The number of benzene rings is 2. The van der Waals surface area contributed by atoms with Crippen molar-refractivity contribution in [3.05, 3.63) is 65.7 Å². The molecule has 1 fully saturated rings. The lowest BCUT2D eigenvalue weighted by molar-refractivity contribution is -0.143. The minimum atomic E-state index is -0.678. The number of rotatable bonds is 7. The zero-order chi connectivity index (χ0) is 17.5. The second-order valence-corrected chi connectivity index (χ2v) is 6.64. The number of piperidine rings is 1. The van der Waals surface area contributed by atoms with E-state index in [-0.39, 0.29) is 5.92 Å². The van der Waals surface area contributed by atoms with Crippen molar-refractivity contribution in [1.29, 1.82) is 0 Å². The number of hydrogen-bond donors (Lipinski definition) is 1. The summed E-state index contributed by atoms with van der Waals surface area (Å²) >= 11 is 0. The fourth-order valence-electron chi connectivity index (χ4n) is 3.32. The van der Waals surface area contributed by atoms with Crippen LogP contribution >= 0.6 is 0 Å². The summed E-state index contributed by atoms with van der Waals surface area (Å²) in [4.78, 5) is 13.4. The number of carbonyl (C=O) groups is 1. The molecule has 1 aliphatic rings. The molecule has 132 valence electrons. The van der Waals surface area contributed by atoms with Crippen LogP contribution in [0.1, 0.15) is 24.0 Å². The van der Waals surface area contributed by atoms with E-state index in [0.717, 1.165) is 38.1 Å². The van der Waals surface area contributed by atoms with Crippen molar-refractivity contribution >= 4 is 5.97 Å². The molecule has 1 N–H and O–H groups in total. The predicted octanol–water partition coefficient (Wildman–Crippen LogP) is 3.60. The average Bonchev–Trinajstić information content (AvgIpc) is 2.63. The van der Waals surface area contributed by atoms with E-state index < -0.39 is 5.97 Å². The van der Waals surface area contributed by atoms with Crippen LogP contribution in [-0.2, 0) is 17.8 Å². The fraction of sp³-hybridized carbons (Fsp3) is 0.381. The first-order valence-corrected chi connectivity index (χ1v) is 8.91. The molecule has 25 heavy (non-hydrogen) atoms. The van der Waals surface area contributed by atoms with Gasteiger partial charge in [-0.3, -0.25) is 9.69 Å². The van der Waals surface area contributed by atoms with Crippen LogP contribution in [0.4, 0.5) is 0 Å². The van der Waals surface area contributed by atoms with Gasteiger partial charge in [-0.1, -0.05) is 42.5 Å². The van der Waals surface area contributed by atoms with Gasteiger partial charge in [-0.05, 0) is 42.6 Å². The maximum absolute atomic E-state index is 11.2. The van der Waals surface area contributed by atoms with Gasteiger partial charge in [0.1, 0.15) is 5.75 Å². The number of ether oxygens (including phenoxy) is 1. The minimum Gasteiger partial charge on any atom is -0.493 e. The van der Waals surface area contributed by atoms with Crippen LogP contribution in [0.3, 0.4) is 0 Å². The molecule has 4 heteroatoms. The number of aliphatic carboxylic acids is 1. The van der Waals surface area contributed by atoms with Crippen molar-refractivity contribution in [2.45, 2.75) is 25.8 Å². The number of hydrogen-bond acceptors (Lipinski definition) is 3. The summed E-state index contributed by atoms with van der Waals surface area (Å²) in [6.07, 6.45) is 2.62. The van der Waals surface area contributed by atoms with Crippen LogP contribution in [-0.4, -0.2) is 35.7 Å². The van der Waals surface area contributed by atoms with Crippen molar-refractivity contribution in [3.8, 4) is 5.75 Å². The largest absolute Gasteiger partial charge is 0.493 e. The van der Waals surface area contributed by atoms with Gasteiger partial charge in [-0.25, -0.2) is 0 Å². The van der Waals surface area contributed by atoms with Gasteiger partial charge in [0, 0.05) is 19.5 Å². The lowest BCUT2D eigenvalue weighted by Gasteiger charge is -2.30. The zero-order valence-electron chi connectivity index (χ0n) is 14.4. The highest BCUT2D eigenvalue weighted by molar-refractivity contribution is 5.70. The predicted molar refractivity (Wildman–Crippen MR) is 97.7 cm³/mol. The highest BCUT2D eigenvalue weighted by atomic mass is 16.5. The van der Waals surface area contributed by atoms with Gasteiger partial charge in [-0.2, -0.15) is 0 Å². The third-order valence-electron chi connectivity index (χ3n) is 4.66. The lowest BCUT2D eigenvalue weighted by Crippen LogP contribution is -2.38. The van der Waals surface area contributed by atoms with Crippen LogP contribution in [0.25, 0.3) is 0 Å². The summed E-state index contributed by atoms with van der Waals surface area (Å²) in [7, 11) is 0. The highest BCUT2D eigenvalue weighted by Crippen LogP contribution is 2.21. The van der Waals surface area contributed by atoms with Crippen LogP contribution < -0.4 is 4.74 Å². The van der Waals surface area contributed by atoms with Gasteiger partial charge < -0.3 is 9.84 Å². The van der Waals surface area contributed by atoms with E-state index in [0.29, 0.717) is 13.2 Å². The molecule has 1 aliphatic heterocycles. The van der Waals surface area contributed by atoms with Gasteiger partial charge in [0.25, 0.3) is 0 Å². The Balaban J connectivity index is 1.51. The third-order valence-corrected chi connectivity index (χ3v) is 4.66. The molecule has 1 saturated heterocycles. The van der Waals surface area contributed by atoms with Crippen molar-refractivity contribution in [1.82, 2.24) is 4.90 Å². The van der Waals surface area contributed by atoms with E-state index in [4.69, 9.17) is 4.74 Å². The Labute approximate surface area is 149 Å². The van der Waals surface area contributed by atoms with Gasteiger partial charge in [0.15, 0.2) is 0 Å². The number of carboxylic acids is 1. The molecule has 3 rings (SSSR count). The van der Waals surface area contributed by atoms with E-state index in [2.05, 4.69) is 29.2 Å². The molecule has 2 aromatic carbocycles. The van der Waals surface area contributed by atoms with Gasteiger partial charge in [0.2, 0.25) is 0 Å². The Kier molecular flexibility index (Phi) is 6.07. The smallest absolute Gasteiger partial charge is 0.307 e. The summed E-state index contributed by atoms with van der Waals surface area (Å²) in [5.74, 6) is -0.0398. The monoisotopic (exact) mass is 339 g/mol. The van der Waals surface area contributed by atoms with E-state index in [1.165, 1.54) is 11.1 Å². The molecular weight excluding hydrogens is 314 g/mol. The van der Waals surface area contributed by atoms with Crippen LogP contribution in [0.15, 0.2) is 54.6 Å². The van der Waals surface area contributed by atoms with Crippen molar-refractivity contribution in [3.63, 3.8) is 0 Å². The first-order valence-electron chi connectivity index (χ1n) is 8.91. The Morgan fingerprint density at radius 1 is 1.12 bits per heavy atom. The minimum absolute atomic E-state index is 0.237. The Bertz CT molecular complexity index is 687. The molecule has 0 saturated carbocycles. The zero-order valence-corrected chi connectivity index (χ0v) is 14.4. The van der Waals surface area contributed by atoms with Crippen LogP contribution in [0, 0.1) is 5.92 Å². The molecule has 0 amide bonds. The molecule has 2 aromatic rings. The molecule has 0 radical (unpaired) electrons. The van der Waals surface area contributed by atoms with Crippen LogP contribution in [0.5, 0.6) is 5.75 Å². The van der Waals surface area contributed by atoms with E-state index in [9.17, 15) is 9.90 Å². The molecule has 1 heterocycles. The SMILES string of the molecule is O=C(O)C1CCCN(Cc2cccc(OCCc3ccccc3)c2)C1. The molecule has 0 aromatic heterocycles. The van der Waals surface area contributed by atoms with Crippen LogP contribution in [0.2, 0.25) is 0 Å². The summed E-state index contributed by atoms with van der Waals surface area (Å²) in [5, 5.41) is 9.21. The molecule has 0 spiro atoms. The van der Waals surface area contributed by atoms with E-state index in [1.807, 2.05) is 30.3 Å². The first kappa shape index (κ1) is 17.5. The van der Waals surface area contributed by atoms with Crippen molar-refractivity contribution in [2.24, 2.45) is 5.92 Å². The Morgan fingerprint density at radius 3 is 2.72 bits per heavy atom. The highest BCUT2D eigenvalue weighted by Gasteiger charge is 2.25. The summed E-state index contributed by atoms with van der Waals surface area (Å²) in [6.45, 7) is 3.02. The summed E-state index contributed by atoms with van der Waals surface area (Å²) < 4.78 is 5.89. The second-order valence-electron chi connectivity index (χ2n) is 6.64. The second kappa shape index (κ2) is 8.67. The van der Waals surface area contributed by atoms with Gasteiger partial charge in [-0.15, -0.1) is 0 Å². The quantitative estimate of drug-likeness (QED) is 0.837. The Morgan fingerprint density at radius 2 is 1.92 bits per heavy atom. The lowest BCUT2D eigenvalue weighted by atomic mass is 9.98. The molecule has 1 atom stereocenters. The first-order chi connectivity index (χ1) is 12.2. The average molecular weight is 339 g/mol. The Hall–Kier alpha value is -2.33. The van der Waals surface area contributed by atoms with Crippen molar-refractivity contribution in [2.75, 3.05) is 19.7 Å². The number of nitrogens with zero attached hydrogens (tertiary/aromatic N) is 1. The normalized spacial score (nSPS) is 18.0. The number of carboxylic acid groups (broad SMARTS) is 1. The maximum atomic E-state index is 11.2. The topological polar surface area (TPSA) is 49.8 Å². The molecule has 0 aliphatic carbocycles. The number of likely N-dealkylation sites (tertiary alicyclic amines) is 1. The molecule has 4 nitrogen and oxygen atoms in total.